The summed E-state index contributed by atoms with van der Waals surface area (Å²) in [6, 6.07) is 8.64. The fraction of sp³-hybridized carbons (Fsp3) is 0.308. The number of halogens is 1. The zero-order valence-corrected chi connectivity index (χ0v) is 10.9. The molecule has 0 saturated heterocycles. The van der Waals surface area contributed by atoms with Gasteiger partial charge in [0.25, 0.3) is 0 Å². The van der Waals surface area contributed by atoms with Gasteiger partial charge in [-0.05, 0) is 18.9 Å². The SMILES string of the molecule is Cc1cccc(CC(Br)Cc2ncc[nH]2)c1. The highest BCUT2D eigenvalue weighted by atomic mass is 79.9. The average Bonchev–Trinajstić information content (AvgIpc) is 2.70. The summed E-state index contributed by atoms with van der Waals surface area (Å²) in [6.07, 6.45) is 5.62. The molecule has 84 valence electrons. The molecule has 0 saturated carbocycles. The molecule has 1 aromatic carbocycles. The molecule has 0 aliphatic rings. The smallest absolute Gasteiger partial charge is 0.107 e. The van der Waals surface area contributed by atoms with E-state index in [0.717, 1.165) is 18.7 Å². The summed E-state index contributed by atoms with van der Waals surface area (Å²) in [4.78, 5) is 7.78. The molecule has 2 rings (SSSR count). The molecule has 0 radical (unpaired) electrons. The molecule has 0 aliphatic heterocycles. The minimum atomic E-state index is 0.431. The molecular weight excluding hydrogens is 264 g/mol. The average molecular weight is 279 g/mol. The van der Waals surface area contributed by atoms with Crippen LogP contribution in [0.5, 0.6) is 0 Å². The van der Waals surface area contributed by atoms with Crippen LogP contribution in [0, 0.1) is 6.92 Å². The number of aromatic amines is 1. The van der Waals surface area contributed by atoms with Crippen LogP contribution in [-0.4, -0.2) is 14.8 Å². The van der Waals surface area contributed by atoms with Gasteiger partial charge in [-0.2, -0.15) is 0 Å². The summed E-state index contributed by atoms with van der Waals surface area (Å²) in [5.41, 5.74) is 2.68. The number of H-pyrrole nitrogens is 1. The number of hydrogen-bond donors (Lipinski definition) is 1. The lowest BCUT2D eigenvalue weighted by atomic mass is 10.1. The van der Waals surface area contributed by atoms with Crippen LogP contribution in [0.4, 0.5) is 0 Å². The van der Waals surface area contributed by atoms with Crippen molar-refractivity contribution in [3.8, 4) is 0 Å². The van der Waals surface area contributed by atoms with Crippen molar-refractivity contribution >= 4 is 15.9 Å². The number of aromatic nitrogens is 2. The predicted molar refractivity (Wildman–Crippen MR) is 69.9 cm³/mol. The summed E-state index contributed by atoms with van der Waals surface area (Å²) >= 11 is 3.70. The van der Waals surface area contributed by atoms with Crippen molar-refractivity contribution in [2.45, 2.75) is 24.6 Å². The Kier molecular flexibility index (Phi) is 3.78. The molecule has 3 heteroatoms. The highest BCUT2D eigenvalue weighted by molar-refractivity contribution is 9.09. The second-order valence-electron chi connectivity index (χ2n) is 4.03. The van der Waals surface area contributed by atoms with Crippen molar-refractivity contribution in [3.63, 3.8) is 0 Å². The topological polar surface area (TPSA) is 28.7 Å². The highest BCUT2D eigenvalue weighted by Gasteiger charge is 2.08. The van der Waals surface area contributed by atoms with E-state index in [-0.39, 0.29) is 0 Å². The Hall–Kier alpha value is -1.09. The molecule has 1 aromatic heterocycles. The Balaban J connectivity index is 1.94. The number of hydrogen-bond acceptors (Lipinski definition) is 1. The monoisotopic (exact) mass is 278 g/mol. The first-order valence-corrected chi connectivity index (χ1v) is 6.33. The molecule has 1 atom stereocenters. The molecule has 0 amide bonds. The van der Waals surface area contributed by atoms with E-state index >= 15 is 0 Å². The van der Waals surface area contributed by atoms with E-state index in [9.17, 15) is 0 Å². The number of imidazole rings is 1. The quantitative estimate of drug-likeness (QED) is 0.855. The van der Waals surface area contributed by atoms with Crippen LogP contribution in [0.25, 0.3) is 0 Å². The van der Waals surface area contributed by atoms with Crippen LogP contribution in [0.2, 0.25) is 0 Å². The van der Waals surface area contributed by atoms with Crippen molar-refractivity contribution in [2.75, 3.05) is 0 Å². The second kappa shape index (κ2) is 5.30. The Labute approximate surface area is 104 Å². The van der Waals surface area contributed by atoms with Gasteiger partial charge >= 0.3 is 0 Å². The number of nitrogens with one attached hydrogen (secondary N) is 1. The van der Waals surface area contributed by atoms with Crippen LogP contribution in [0.1, 0.15) is 17.0 Å². The number of benzene rings is 1. The van der Waals surface area contributed by atoms with Gasteiger partial charge in [0, 0.05) is 23.6 Å². The Morgan fingerprint density at radius 3 is 2.94 bits per heavy atom. The lowest BCUT2D eigenvalue weighted by Crippen LogP contribution is -2.08. The molecule has 0 bridgehead atoms. The third-order valence-electron chi connectivity index (χ3n) is 2.51. The Morgan fingerprint density at radius 2 is 2.25 bits per heavy atom. The lowest BCUT2D eigenvalue weighted by Gasteiger charge is -2.08. The summed E-state index contributed by atoms with van der Waals surface area (Å²) in [7, 11) is 0. The highest BCUT2D eigenvalue weighted by Crippen LogP contribution is 2.14. The molecule has 16 heavy (non-hydrogen) atoms. The van der Waals surface area contributed by atoms with Crippen molar-refractivity contribution in [2.24, 2.45) is 0 Å². The Bertz CT molecular complexity index is 437. The van der Waals surface area contributed by atoms with Gasteiger partial charge in [0.05, 0.1) is 0 Å². The lowest BCUT2D eigenvalue weighted by molar-refractivity contribution is 0.813. The summed E-state index contributed by atoms with van der Waals surface area (Å²) in [5.74, 6) is 1.04. The van der Waals surface area contributed by atoms with E-state index in [1.165, 1.54) is 11.1 Å². The third-order valence-corrected chi connectivity index (χ3v) is 3.16. The molecule has 2 nitrogen and oxygen atoms in total. The summed E-state index contributed by atoms with van der Waals surface area (Å²) < 4.78 is 0. The molecule has 0 spiro atoms. The number of alkyl halides is 1. The third kappa shape index (κ3) is 3.20. The Morgan fingerprint density at radius 1 is 1.38 bits per heavy atom. The molecule has 0 fully saturated rings. The standard InChI is InChI=1S/C13H15BrN2/c1-10-3-2-4-11(7-10)8-12(14)9-13-15-5-6-16-13/h2-7,12H,8-9H2,1H3,(H,15,16). The molecule has 1 heterocycles. The van der Waals surface area contributed by atoms with Gasteiger partial charge in [0.15, 0.2) is 0 Å². The second-order valence-corrected chi connectivity index (χ2v) is 5.33. The maximum absolute atomic E-state index is 4.23. The molecule has 1 N–H and O–H groups in total. The molecule has 1 unspecified atom stereocenters. The van der Waals surface area contributed by atoms with E-state index in [1.807, 2.05) is 6.20 Å². The first-order valence-electron chi connectivity index (χ1n) is 5.42. The van der Waals surface area contributed by atoms with Gasteiger partial charge < -0.3 is 4.98 Å². The van der Waals surface area contributed by atoms with Crippen molar-refractivity contribution in [1.29, 1.82) is 0 Å². The van der Waals surface area contributed by atoms with Crippen molar-refractivity contribution in [3.05, 3.63) is 53.6 Å². The van der Waals surface area contributed by atoms with Crippen LogP contribution in [-0.2, 0) is 12.8 Å². The van der Waals surface area contributed by atoms with Gasteiger partial charge in [-0.15, -0.1) is 0 Å². The maximum atomic E-state index is 4.23. The predicted octanol–water partition coefficient (Wildman–Crippen LogP) is 3.27. The summed E-state index contributed by atoms with van der Waals surface area (Å²) in [5, 5.41) is 0. The van der Waals surface area contributed by atoms with E-state index < -0.39 is 0 Å². The van der Waals surface area contributed by atoms with Gasteiger partial charge in [-0.25, -0.2) is 4.98 Å². The summed E-state index contributed by atoms with van der Waals surface area (Å²) in [6.45, 7) is 2.12. The fourth-order valence-corrected chi connectivity index (χ4v) is 2.47. The fourth-order valence-electron chi connectivity index (χ4n) is 1.79. The molecule has 2 aromatic rings. The van der Waals surface area contributed by atoms with E-state index in [0.29, 0.717) is 4.83 Å². The van der Waals surface area contributed by atoms with Gasteiger partial charge in [-0.3, -0.25) is 0 Å². The van der Waals surface area contributed by atoms with E-state index in [2.05, 4.69) is 57.1 Å². The minimum Gasteiger partial charge on any atom is -0.349 e. The normalized spacial score (nSPS) is 12.6. The van der Waals surface area contributed by atoms with Crippen LogP contribution >= 0.6 is 15.9 Å². The van der Waals surface area contributed by atoms with Crippen LogP contribution < -0.4 is 0 Å². The zero-order chi connectivity index (χ0) is 11.4. The first kappa shape index (κ1) is 11.4. The number of rotatable bonds is 4. The van der Waals surface area contributed by atoms with Crippen LogP contribution in [0.3, 0.4) is 0 Å². The first-order chi connectivity index (χ1) is 7.74. The van der Waals surface area contributed by atoms with Crippen molar-refractivity contribution in [1.82, 2.24) is 9.97 Å². The largest absolute Gasteiger partial charge is 0.349 e. The maximum Gasteiger partial charge on any atom is 0.107 e. The zero-order valence-electron chi connectivity index (χ0n) is 9.28. The molecular formula is C13H15BrN2. The minimum absolute atomic E-state index is 0.431. The number of aryl methyl sites for hydroxylation is 1. The van der Waals surface area contributed by atoms with Gasteiger partial charge in [0.2, 0.25) is 0 Å². The van der Waals surface area contributed by atoms with E-state index in [1.54, 1.807) is 6.20 Å². The van der Waals surface area contributed by atoms with Crippen LogP contribution in [0.15, 0.2) is 36.7 Å². The number of nitrogens with zero attached hydrogens (tertiary/aromatic N) is 1. The van der Waals surface area contributed by atoms with Gasteiger partial charge in [-0.1, -0.05) is 45.8 Å². The molecule has 0 aliphatic carbocycles. The van der Waals surface area contributed by atoms with Crippen molar-refractivity contribution < 1.29 is 0 Å². The van der Waals surface area contributed by atoms with Gasteiger partial charge in [0.1, 0.15) is 5.82 Å². The van der Waals surface area contributed by atoms with E-state index in [4.69, 9.17) is 0 Å².